The highest BCUT2D eigenvalue weighted by atomic mass is 32.2. The van der Waals surface area contributed by atoms with Crippen LogP contribution in [0, 0.1) is 18.6 Å². The second kappa shape index (κ2) is 16.8. The number of fused-ring (bicyclic) bond motifs is 1. The largest absolute Gasteiger partial charge is 0.416 e. The van der Waals surface area contributed by atoms with Crippen molar-refractivity contribution in [3.8, 4) is 11.1 Å². The predicted molar refractivity (Wildman–Crippen MR) is 198 cm³/mol. The number of methoxy groups -OCH3 is 1. The van der Waals surface area contributed by atoms with Crippen LogP contribution in [-0.4, -0.2) is 66.5 Å². The highest BCUT2D eigenvalue weighted by Crippen LogP contribution is 2.41. The summed E-state index contributed by atoms with van der Waals surface area (Å²) >= 11 is -0.804. The quantitative estimate of drug-likeness (QED) is 0.145. The second-order valence-electron chi connectivity index (χ2n) is 10.2. The van der Waals surface area contributed by atoms with Gasteiger partial charge >= 0.3 is 6.18 Å². The van der Waals surface area contributed by atoms with E-state index in [1.54, 1.807) is 0 Å². The minimum absolute atomic E-state index is 0.445. The first kappa shape index (κ1) is 14.8. The number of carbonyl (C=O) groups is 1. The molecular weight excluding hydrogens is 710 g/mol. The number of nitrogens with zero attached hydrogens (tertiary/aromatic N) is 3. The number of hydrogen-bond acceptors (Lipinski definition) is 6. The topological polar surface area (TPSA) is 56.3 Å². The fourth-order valence-electron chi connectivity index (χ4n) is 4.31. The maximum atomic E-state index is 16.1. The van der Waals surface area contributed by atoms with Gasteiger partial charge in [0.15, 0.2) is 11.6 Å². The smallest absolute Gasteiger partial charge is 0.384 e. The number of thioether (sulfide) groups is 1. The minimum Gasteiger partial charge on any atom is -0.384 e. The van der Waals surface area contributed by atoms with Crippen LogP contribution in [0.5, 0.6) is 0 Å². The van der Waals surface area contributed by atoms with Gasteiger partial charge in [-0.15, -0.1) is 11.8 Å². The number of aliphatic hydroxyl groups excluding tert-OH is 1. The number of amides is 1. The van der Waals surface area contributed by atoms with Crippen molar-refractivity contribution in [2.45, 2.75) is 50.2 Å². The summed E-state index contributed by atoms with van der Waals surface area (Å²) in [5.74, 6) is -7.54. The first-order chi connectivity index (χ1) is 38.5. The van der Waals surface area contributed by atoms with Crippen molar-refractivity contribution in [1.82, 2.24) is 9.80 Å². The summed E-state index contributed by atoms with van der Waals surface area (Å²) in [4.78, 5) is 13.9. The molecule has 53 heavy (non-hydrogen) atoms. The van der Waals surface area contributed by atoms with Crippen LogP contribution in [-0.2, 0) is 28.0 Å². The number of hydrogen-bond donors (Lipinski definition) is 1. The van der Waals surface area contributed by atoms with E-state index in [0.717, 1.165) is 0 Å². The monoisotopic (exact) mass is 784 g/mol. The fraction of sp³-hybridized carbons (Fsp3) is 0.341. The predicted octanol–water partition coefficient (Wildman–Crippen LogP) is 8.73. The fourth-order valence-corrected chi connectivity index (χ4v) is 5.05. The first-order valence-electron chi connectivity index (χ1n) is 30.9. The van der Waals surface area contributed by atoms with Crippen molar-refractivity contribution in [2.75, 3.05) is 44.5 Å². The van der Waals surface area contributed by atoms with Crippen LogP contribution < -0.4 is 4.90 Å². The third kappa shape index (κ3) is 9.12. The third-order valence-corrected chi connectivity index (χ3v) is 7.65. The highest BCUT2D eigenvalue weighted by molar-refractivity contribution is 8.02. The molecule has 2 heterocycles. The highest BCUT2D eigenvalue weighted by Gasteiger charge is 2.33. The lowest BCUT2D eigenvalue weighted by atomic mass is 9.97. The van der Waals surface area contributed by atoms with Gasteiger partial charge in [0.05, 0.1) is 46.0 Å². The average molecular weight is 785 g/mol. The van der Waals surface area contributed by atoms with Crippen molar-refractivity contribution >= 4 is 23.4 Å². The Morgan fingerprint density at radius 2 is 1.79 bits per heavy atom. The van der Waals surface area contributed by atoms with Crippen LogP contribution >= 0.6 is 11.8 Å². The summed E-state index contributed by atoms with van der Waals surface area (Å²) in [6, 6.07) is -28.2. The van der Waals surface area contributed by atoms with Crippen LogP contribution in [0.25, 0.3) is 11.1 Å². The van der Waals surface area contributed by atoms with E-state index in [0.29, 0.717) is 6.92 Å². The number of halogens is 5. The van der Waals surface area contributed by atoms with Gasteiger partial charge < -0.3 is 24.5 Å². The zero-order valence-electron chi connectivity index (χ0n) is 59.4. The molecule has 280 valence electrons. The SMILES string of the molecule is [2H]C1=C(SC([2H])([2H])c2c([2H])c([2H])c([2H])c(F)c2F)N(C([2H])([2H])C(=O)N(Cc2c([2H])c([2H])c(-c3c([2H])c([2H])c(C(F)(F)F)c([2H])c3[2H])c([2H])c2C)C2([2H])C([2H])([2H])C([2H])([2H])N(C([2H])([2H])COC([2H])([2H])[2H])C([2H])([2H])C2([2H])[2H])c2c([2H])c([2H])c([2H])c([2H])c2C1O. The van der Waals surface area contributed by atoms with E-state index in [1.807, 2.05) is 0 Å². The average Bonchev–Trinajstić information content (AvgIpc) is 0.663. The van der Waals surface area contributed by atoms with Crippen molar-refractivity contribution in [3.63, 3.8) is 0 Å². The summed E-state index contributed by atoms with van der Waals surface area (Å²) in [6.07, 6.45) is -18.2. The van der Waals surface area contributed by atoms with Crippen LogP contribution in [0.15, 0.2) is 95.7 Å². The van der Waals surface area contributed by atoms with Gasteiger partial charge in [0.2, 0.25) is 5.91 Å². The van der Waals surface area contributed by atoms with Gasteiger partial charge in [0.1, 0.15) is 12.6 Å². The molecule has 1 N–H and O–H groups in total. The molecule has 2 aliphatic rings. The molecule has 1 atom stereocenters. The van der Waals surface area contributed by atoms with E-state index in [1.165, 1.54) is 0 Å². The van der Waals surface area contributed by atoms with Crippen molar-refractivity contribution in [3.05, 3.63) is 135 Å². The molecule has 0 aromatic heterocycles. The van der Waals surface area contributed by atoms with Crippen molar-refractivity contribution in [1.29, 1.82) is 0 Å². The van der Waals surface area contributed by atoms with Gasteiger partial charge in [0.25, 0.3) is 0 Å². The molecule has 0 aliphatic carbocycles. The molecule has 4 aromatic carbocycles. The number of ether oxygens (including phenoxy) is 1. The van der Waals surface area contributed by atoms with Crippen LogP contribution in [0.4, 0.5) is 27.6 Å². The third-order valence-electron chi connectivity index (χ3n) is 6.85. The van der Waals surface area contributed by atoms with E-state index in [4.69, 9.17) is 35.6 Å². The van der Waals surface area contributed by atoms with Gasteiger partial charge in [-0.25, -0.2) is 8.78 Å². The summed E-state index contributed by atoms with van der Waals surface area (Å²) in [5.41, 5.74) is -15.4. The Kier molecular flexibility index (Phi) is 4.70. The molecule has 6 rings (SSSR count). The molecule has 1 unspecified atom stereocenters. The second-order valence-corrected chi connectivity index (χ2v) is 11.0. The number of aliphatic hydroxyl groups is 1. The maximum absolute atomic E-state index is 16.1. The van der Waals surface area contributed by atoms with E-state index >= 15 is 13.6 Å². The van der Waals surface area contributed by atoms with Crippen molar-refractivity contribution in [2.24, 2.45) is 0 Å². The minimum atomic E-state index is -5.56. The summed E-state index contributed by atoms with van der Waals surface area (Å²) in [6.45, 7) is -21.8. The molecule has 0 radical (unpaired) electrons. The molecule has 0 bridgehead atoms. The normalized spacial score (nSPS) is 31.3. The van der Waals surface area contributed by atoms with E-state index in [2.05, 4.69) is 4.74 Å². The Morgan fingerprint density at radius 1 is 1.06 bits per heavy atom. The lowest BCUT2D eigenvalue weighted by Crippen LogP contribution is -2.50. The van der Waals surface area contributed by atoms with Gasteiger partial charge in [-0.2, -0.15) is 13.2 Å². The lowest BCUT2D eigenvalue weighted by Gasteiger charge is -2.41. The van der Waals surface area contributed by atoms with E-state index < -0.39 is 267 Å². The number of rotatable bonds is 12. The summed E-state index contributed by atoms with van der Waals surface area (Å²) in [7, 11) is -3.60. The molecular formula is C41H42F5N3O3S. The standard InChI is InChI=1S/C41H42F5N3O3S/c1-27-22-29(28-12-14-32(15-13-28)41(44,45)46)10-11-30(27)24-48(33-16-18-47(19-17-33)20-21-52-2)38(51)25-49-36-9-4-3-7-34(36)37(50)23-39(49)53-26-31-6-5-8-35(42)40(31)43/h3-15,22-23,33,37,50H,16-21,24-26H2,1-2H3/i2D3,3D,4D,5D,6D,7D,8D,9D,10D,11D,12D,13D,14D,15D,16D2,17D2,18D2,19D2,20D2,22D,23D,25D2,26D2,33D. The number of alkyl halides is 3. The number of anilines is 1. The van der Waals surface area contributed by atoms with Crippen molar-refractivity contribution < 1.29 is 81.8 Å². The first-order valence-corrected chi connectivity index (χ1v) is 15.3. The van der Waals surface area contributed by atoms with E-state index in [9.17, 15) is 27.9 Å². The summed E-state index contributed by atoms with van der Waals surface area (Å²) in [5, 5.41) is 9.91. The Hall–Kier alpha value is -4.23. The lowest BCUT2D eigenvalue weighted by molar-refractivity contribution is -0.137. The summed E-state index contributed by atoms with van der Waals surface area (Å²) < 4.78 is 365. The van der Waals surface area contributed by atoms with Crippen LogP contribution in [0.1, 0.15) is 91.9 Å². The van der Waals surface area contributed by atoms with Crippen LogP contribution in [0.2, 0.25) is 0 Å². The zero-order chi connectivity index (χ0) is 66.7. The number of para-hydroxylation sites is 1. The molecule has 6 nitrogen and oxygen atoms in total. The van der Waals surface area contributed by atoms with Crippen LogP contribution in [0.3, 0.4) is 0 Å². The molecule has 0 saturated carbocycles. The van der Waals surface area contributed by atoms with Gasteiger partial charge in [0, 0.05) is 78.1 Å². The molecule has 12 heteroatoms. The zero-order valence-corrected chi connectivity index (χ0v) is 27.2. The Balaban J connectivity index is 1.78. The number of likely N-dealkylation sites (tertiary alicyclic amines) is 1. The number of piperidine rings is 1. The number of benzene rings is 4. The maximum Gasteiger partial charge on any atom is 0.416 e. The Bertz CT molecular complexity index is 3450. The van der Waals surface area contributed by atoms with E-state index in [-0.39, 0.29) is 0 Å². The Labute approximate surface area is 357 Å². The van der Waals surface area contributed by atoms with Gasteiger partial charge in [-0.3, -0.25) is 4.79 Å². The van der Waals surface area contributed by atoms with Gasteiger partial charge in [-0.1, -0.05) is 60.4 Å². The molecule has 4 aromatic rings. The molecule has 0 spiro atoms. The Morgan fingerprint density at radius 3 is 2.53 bits per heavy atom. The number of carbonyl (C=O) groups excluding carboxylic acids is 1. The molecule has 1 amide bonds. The molecule has 1 saturated heterocycles. The molecule has 2 aliphatic heterocycles. The van der Waals surface area contributed by atoms with Gasteiger partial charge in [-0.05, 0) is 72.1 Å². The molecule has 1 fully saturated rings.